The van der Waals surface area contributed by atoms with Crippen molar-refractivity contribution in [3.63, 3.8) is 0 Å². The van der Waals surface area contributed by atoms with Crippen LogP contribution < -0.4 is 0 Å². The topological polar surface area (TPSA) is 34.1 Å². The van der Waals surface area contributed by atoms with Crippen molar-refractivity contribution in [2.75, 3.05) is 0 Å². The molecule has 0 heterocycles. The molecule has 0 aliphatic rings. The van der Waals surface area contributed by atoms with Gasteiger partial charge in [0.15, 0.2) is 10.7 Å². The van der Waals surface area contributed by atoms with Crippen molar-refractivity contribution in [1.82, 2.24) is 0 Å². The smallest absolute Gasteiger partial charge is 0.168 e. The van der Waals surface area contributed by atoms with Gasteiger partial charge in [0, 0.05) is 5.02 Å². The molecule has 0 radical (unpaired) electrons. The number of thiol groups is 1. The van der Waals surface area contributed by atoms with Crippen LogP contribution in [-0.4, -0.2) is 8.42 Å². The van der Waals surface area contributed by atoms with Gasteiger partial charge in [0.05, 0.1) is 4.90 Å². The zero-order chi connectivity index (χ0) is 10.0. The van der Waals surface area contributed by atoms with Gasteiger partial charge in [-0.15, -0.1) is 0 Å². The lowest BCUT2D eigenvalue weighted by Gasteiger charge is -2.04. The molecule has 0 saturated heterocycles. The lowest BCUT2D eigenvalue weighted by atomic mass is 10.1. The fourth-order valence-electron chi connectivity index (χ4n) is 1.20. The third kappa shape index (κ3) is 2.23. The first-order valence-corrected chi connectivity index (χ1v) is 5.55. The monoisotopic (exact) mass is 218 g/mol. The zero-order valence-corrected chi connectivity index (χ0v) is 9.15. The minimum Gasteiger partial charge on any atom is -0.227 e. The molecule has 2 nitrogen and oxygen atoms in total. The van der Waals surface area contributed by atoms with Gasteiger partial charge in [-0.25, -0.2) is 8.42 Å². The molecule has 0 aliphatic heterocycles. The molecule has 0 N–H and O–H groups in total. The summed E-state index contributed by atoms with van der Waals surface area (Å²) in [6.45, 7) is 3.76. The van der Waals surface area contributed by atoms with Crippen molar-refractivity contribution in [1.29, 1.82) is 0 Å². The molecular formula is C9H11ClO2S. The molecule has 0 amide bonds. The molecule has 0 fully saturated rings. The van der Waals surface area contributed by atoms with Crippen LogP contribution in [0.2, 0.25) is 5.02 Å². The van der Waals surface area contributed by atoms with Gasteiger partial charge in [-0.1, -0.05) is 24.6 Å². The van der Waals surface area contributed by atoms with Gasteiger partial charge >= 0.3 is 0 Å². The molecule has 4 heteroatoms. The van der Waals surface area contributed by atoms with E-state index in [9.17, 15) is 8.42 Å². The van der Waals surface area contributed by atoms with E-state index in [0.717, 1.165) is 17.5 Å². The van der Waals surface area contributed by atoms with E-state index in [4.69, 9.17) is 11.6 Å². The van der Waals surface area contributed by atoms with Crippen LogP contribution in [0.1, 0.15) is 18.1 Å². The maximum absolute atomic E-state index is 10.8. The van der Waals surface area contributed by atoms with Gasteiger partial charge in [-0.3, -0.25) is 0 Å². The van der Waals surface area contributed by atoms with Crippen molar-refractivity contribution in [3.8, 4) is 0 Å². The normalized spacial score (nSPS) is 10.8. The Labute approximate surface area is 84.5 Å². The van der Waals surface area contributed by atoms with Crippen molar-refractivity contribution in [2.24, 2.45) is 0 Å². The first-order chi connectivity index (χ1) is 6.06. The van der Waals surface area contributed by atoms with Crippen LogP contribution in [0.3, 0.4) is 0 Å². The number of hydrogen-bond donors (Lipinski definition) is 1. The fourth-order valence-corrected chi connectivity index (χ4v) is 2.16. The third-order valence-corrected chi connectivity index (χ3v) is 3.17. The summed E-state index contributed by atoms with van der Waals surface area (Å²) >= 11 is 5.88. The highest BCUT2D eigenvalue weighted by Crippen LogP contribution is 2.22. The van der Waals surface area contributed by atoms with Gasteiger partial charge in [0.25, 0.3) is 0 Å². The van der Waals surface area contributed by atoms with Crippen molar-refractivity contribution in [3.05, 3.63) is 28.3 Å². The number of aryl methyl sites for hydroxylation is 2. The summed E-state index contributed by atoms with van der Waals surface area (Å²) < 4.78 is 21.5. The van der Waals surface area contributed by atoms with Gasteiger partial charge in [-0.2, -0.15) is 0 Å². The molecule has 1 rings (SSSR count). The molecule has 1 aromatic rings. The van der Waals surface area contributed by atoms with Crippen LogP contribution in [-0.2, 0) is 17.1 Å². The Balaban J connectivity index is 3.36. The molecule has 0 unspecified atom stereocenters. The van der Waals surface area contributed by atoms with E-state index in [1.165, 1.54) is 6.07 Å². The largest absolute Gasteiger partial charge is 0.227 e. The molecule has 0 atom stereocenters. The zero-order valence-electron chi connectivity index (χ0n) is 7.50. The van der Waals surface area contributed by atoms with Crippen LogP contribution >= 0.6 is 11.6 Å². The van der Waals surface area contributed by atoms with Gasteiger partial charge in [0.2, 0.25) is 0 Å². The minimum atomic E-state index is -2.53. The Morgan fingerprint density at radius 2 is 2.00 bits per heavy atom. The average molecular weight is 219 g/mol. The average Bonchev–Trinajstić information content (AvgIpc) is 2.07. The minimum absolute atomic E-state index is 0.317. The SMILES string of the molecule is CCc1cc(C)c([SH](=O)=O)cc1Cl. The Hall–Kier alpha value is -0.540. The summed E-state index contributed by atoms with van der Waals surface area (Å²) in [6, 6.07) is 3.34. The number of benzene rings is 1. The summed E-state index contributed by atoms with van der Waals surface area (Å²) in [6.07, 6.45) is 0.815. The van der Waals surface area contributed by atoms with E-state index in [-0.39, 0.29) is 0 Å². The molecule has 0 spiro atoms. The second-order valence-electron chi connectivity index (χ2n) is 2.84. The first kappa shape index (κ1) is 10.5. The van der Waals surface area contributed by atoms with E-state index in [0.29, 0.717) is 9.92 Å². The van der Waals surface area contributed by atoms with Crippen LogP contribution in [0, 0.1) is 6.92 Å². The standard InChI is InChI=1S/C9H11ClO2S/c1-3-7-4-6(2)9(13(11)12)5-8(7)10/h4-5,13H,3H2,1-2H3. The van der Waals surface area contributed by atoms with E-state index in [2.05, 4.69) is 0 Å². The molecular weight excluding hydrogens is 208 g/mol. The molecule has 0 aromatic heterocycles. The summed E-state index contributed by atoms with van der Waals surface area (Å²) in [4.78, 5) is 0.317. The first-order valence-electron chi connectivity index (χ1n) is 3.99. The molecule has 0 aliphatic carbocycles. The summed E-state index contributed by atoms with van der Waals surface area (Å²) in [5.41, 5.74) is 1.75. The maximum Gasteiger partial charge on any atom is 0.168 e. The summed E-state index contributed by atoms with van der Waals surface area (Å²) in [7, 11) is -2.53. The quantitative estimate of drug-likeness (QED) is 0.773. The van der Waals surface area contributed by atoms with Gasteiger partial charge < -0.3 is 0 Å². The van der Waals surface area contributed by atoms with E-state index < -0.39 is 10.7 Å². The highest BCUT2D eigenvalue weighted by Gasteiger charge is 2.05. The van der Waals surface area contributed by atoms with Gasteiger partial charge in [0.1, 0.15) is 0 Å². The fraction of sp³-hybridized carbons (Fsp3) is 0.333. The number of rotatable bonds is 2. The molecule has 1 aromatic carbocycles. The second kappa shape index (κ2) is 4.11. The third-order valence-electron chi connectivity index (χ3n) is 1.94. The number of hydrogen-bond acceptors (Lipinski definition) is 2. The summed E-state index contributed by atoms with van der Waals surface area (Å²) in [5, 5.41) is 0.530. The van der Waals surface area contributed by atoms with E-state index in [1.54, 1.807) is 6.92 Å². The van der Waals surface area contributed by atoms with Crippen LogP contribution in [0.15, 0.2) is 17.0 Å². The molecule has 0 saturated carbocycles. The highest BCUT2D eigenvalue weighted by atomic mass is 35.5. The van der Waals surface area contributed by atoms with E-state index >= 15 is 0 Å². The Bertz CT molecular complexity index is 389. The predicted octanol–water partition coefficient (Wildman–Crippen LogP) is 2.18. The Kier molecular flexibility index (Phi) is 3.33. The molecule has 13 heavy (non-hydrogen) atoms. The maximum atomic E-state index is 10.8. The Morgan fingerprint density at radius 1 is 1.38 bits per heavy atom. The lowest BCUT2D eigenvalue weighted by molar-refractivity contribution is 0.614. The van der Waals surface area contributed by atoms with E-state index in [1.807, 2.05) is 13.0 Å². The second-order valence-corrected chi connectivity index (χ2v) is 4.24. The van der Waals surface area contributed by atoms with Gasteiger partial charge in [-0.05, 0) is 30.5 Å². The predicted molar refractivity (Wildman–Crippen MR) is 54.1 cm³/mol. The summed E-state index contributed by atoms with van der Waals surface area (Å²) in [5.74, 6) is 0. The molecule has 0 bridgehead atoms. The number of halogens is 1. The lowest BCUT2D eigenvalue weighted by Crippen LogP contribution is -1.90. The highest BCUT2D eigenvalue weighted by molar-refractivity contribution is 7.72. The van der Waals surface area contributed by atoms with Crippen LogP contribution in [0.25, 0.3) is 0 Å². The molecule has 72 valence electrons. The van der Waals surface area contributed by atoms with Crippen LogP contribution in [0.5, 0.6) is 0 Å². The van der Waals surface area contributed by atoms with Crippen molar-refractivity contribution >= 4 is 22.3 Å². The Morgan fingerprint density at radius 3 is 2.46 bits per heavy atom. The van der Waals surface area contributed by atoms with Crippen LogP contribution in [0.4, 0.5) is 0 Å². The van der Waals surface area contributed by atoms with Crippen molar-refractivity contribution < 1.29 is 8.42 Å². The van der Waals surface area contributed by atoms with Crippen molar-refractivity contribution in [2.45, 2.75) is 25.2 Å².